The number of benzene rings is 1. The highest BCUT2D eigenvalue weighted by Gasteiger charge is 2.19. The zero-order valence-corrected chi connectivity index (χ0v) is 17.3. The van der Waals surface area contributed by atoms with Crippen molar-refractivity contribution >= 4 is 21.6 Å². The summed E-state index contributed by atoms with van der Waals surface area (Å²) in [5, 5.41) is 2.76. The van der Waals surface area contributed by atoms with Crippen molar-refractivity contribution in [3.63, 3.8) is 0 Å². The number of nitrogens with one attached hydrogen (secondary N) is 2. The van der Waals surface area contributed by atoms with Crippen molar-refractivity contribution in [3.8, 4) is 0 Å². The Hall–Kier alpha value is -2.65. The second-order valence-corrected chi connectivity index (χ2v) is 8.82. The van der Waals surface area contributed by atoms with E-state index in [-0.39, 0.29) is 29.1 Å². The highest BCUT2D eigenvalue weighted by Crippen LogP contribution is 2.15. The molecule has 3 rings (SSSR count). The third kappa shape index (κ3) is 5.24. The van der Waals surface area contributed by atoms with Gasteiger partial charge in [0.25, 0.3) is 15.6 Å². The fourth-order valence-electron chi connectivity index (χ4n) is 3.10. The molecule has 0 bridgehead atoms. The molecule has 0 spiro atoms. The van der Waals surface area contributed by atoms with Crippen molar-refractivity contribution in [1.82, 2.24) is 9.88 Å². The number of pyridine rings is 1. The average molecular weight is 420 g/mol. The summed E-state index contributed by atoms with van der Waals surface area (Å²) in [5.74, 6) is -0.329. The molecule has 1 atom stereocenters. The molecule has 1 aromatic carbocycles. The van der Waals surface area contributed by atoms with Gasteiger partial charge in [0.05, 0.1) is 11.0 Å². The molecular weight excluding hydrogens is 394 g/mol. The van der Waals surface area contributed by atoms with Gasteiger partial charge in [0, 0.05) is 18.8 Å². The molecule has 1 aliphatic rings. The Morgan fingerprint density at radius 2 is 1.90 bits per heavy atom. The molecular formula is C20H25N3O5S. The maximum absolute atomic E-state index is 12.8. The van der Waals surface area contributed by atoms with E-state index < -0.39 is 15.6 Å². The van der Waals surface area contributed by atoms with E-state index in [1.165, 1.54) is 22.8 Å². The molecule has 8 nitrogen and oxygen atoms in total. The normalized spacial score (nSPS) is 16.6. The molecule has 0 unspecified atom stereocenters. The smallest absolute Gasteiger partial charge is 0.275 e. The van der Waals surface area contributed by atoms with Gasteiger partial charge in [0.2, 0.25) is 5.91 Å². The van der Waals surface area contributed by atoms with Crippen LogP contribution >= 0.6 is 0 Å². The molecule has 2 N–H and O–H groups in total. The summed E-state index contributed by atoms with van der Waals surface area (Å²) in [6, 6.07) is 9.32. The fraction of sp³-hybridized carbons (Fsp3) is 0.400. The van der Waals surface area contributed by atoms with Gasteiger partial charge in [-0.1, -0.05) is 17.7 Å². The molecule has 1 saturated heterocycles. The third-order valence-electron chi connectivity index (χ3n) is 4.82. The van der Waals surface area contributed by atoms with Crippen LogP contribution in [0.1, 0.15) is 24.1 Å². The summed E-state index contributed by atoms with van der Waals surface area (Å²) >= 11 is 0. The van der Waals surface area contributed by atoms with Crippen LogP contribution in [-0.2, 0) is 26.1 Å². The first-order valence-corrected chi connectivity index (χ1v) is 10.9. The number of aryl methyl sites for hydroxylation is 2. The second kappa shape index (κ2) is 8.79. The van der Waals surface area contributed by atoms with E-state index in [1.807, 2.05) is 6.92 Å². The minimum atomic E-state index is -3.91. The standard InChI is InChI=1S/C20H25N3O5S/c1-14-5-8-17(9-6-14)29(26,27)22-18-10-7-15(2)23(20(18)25)13-19(24)21-12-16-4-3-11-28-16/h5-10,16,22H,3-4,11-13H2,1-2H3,(H,21,24)/t16-/m0/s1. The van der Waals surface area contributed by atoms with E-state index in [0.29, 0.717) is 18.8 Å². The van der Waals surface area contributed by atoms with Gasteiger partial charge < -0.3 is 14.6 Å². The van der Waals surface area contributed by atoms with Gasteiger partial charge in [-0.25, -0.2) is 8.42 Å². The van der Waals surface area contributed by atoms with Gasteiger partial charge in [-0.2, -0.15) is 0 Å². The SMILES string of the molecule is Cc1ccc(S(=O)(=O)Nc2ccc(C)n(CC(=O)NC[C@@H]3CCCO3)c2=O)cc1. The van der Waals surface area contributed by atoms with Crippen LogP contribution in [0.25, 0.3) is 0 Å². The van der Waals surface area contributed by atoms with E-state index >= 15 is 0 Å². The molecule has 0 saturated carbocycles. The Kier molecular flexibility index (Phi) is 6.39. The van der Waals surface area contributed by atoms with Crippen LogP contribution in [0.2, 0.25) is 0 Å². The summed E-state index contributed by atoms with van der Waals surface area (Å²) in [5.41, 5.74) is 0.798. The van der Waals surface area contributed by atoms with Crippen LogP contribution in [-0.4, -0.2) is 38.1 Å². The van der Waals surface area contributed by atoms with E-state index in [2.05, 4.69) is 10.0 Å². The molecule has 156 valence electrons. The van der Waals surface area contributed by atoms with Gasteiger partial charge >= 0.3 is 0 Å². The van der Waals surface area contributed by atoms with Gasteiger partial charge in [0.15, 0.2) is 0 Å². The monoisotopic (exact) mass is 419 g/mol. The van der Waals surface area contributed by atoms with Gasteiger partial charge in [-0.15, -0.1) is 0 Å². The van der Waals surface area contributed by atoms with Gasteiger partial charge in [-0.3, -0.25) is 14.3 Å². The Labute approximate surface area is 169 Å². The number of carbonyl (C=O) groups excluding carboxylic acids is 1. The van der Waals surface area contributed by atoms with E-state index in [0.717, 1.165) is 18.4 Å². The van der Waals surface area contributed by atoms with Crippen LogP contribution in [0.15, 0.2) is 46.1 Å². The first-order chi connectivity index (χ1) is 13.8. The summed E-state index contributed by atoms with van der Waals surface area (Å²) in [4.78, 5) is 25.1. The number of hydrogen-bond acceptors (Lipinski definition) is 5. The molecule has 29 heavy (non-hydrogen) atoms. The first kappa shape index (κ1) is 21.1. The minimum absolute atomic E-state index is 0.00409. The van der Waals surface area contributed by atoms with Crippen molar-refractivity contribution in [2.45, 2.75) is 44.2 Å². The lowest BCUT2D eigenvalue weighted by atomic mass is 10.2. The lowest BCUT2D eigenvalue weighted by Gasteiger charge is -2.15. The molecule has 2 aromatic rings. The van der Waals surface area contributed by atoms with Crippen LogP contribution < -0.4 is 15.6 Å². The Balaban J connectivity index is 1.75. The molecule has 0 aliphatic carbocycles. The average Bonchev–Trinajstić information content (AvgIpc) is 3.20. The zero-order chi connectivity index (χ0) is 21.0. The predicted octanol–water partition coefficient (Wildman–Crippen LogP) is 1.56. The summed E-state index contributed by atoms with van der Waals surface area (Å²) in [7, 11) is -3.91. The number of nitrogens with zero attached hydrogens (tertiary/aromatic N) is 1. The van der Waals surface area contributed by atoms with E-state index in [1.54, 1.807) is 25.1 Å². The van der Waals surface area contributed by atoms with Crippen molar-refractivity contribution in [3.05, 3.63) is 58.0 Å². The summed E-state index contributed by atoms with van der Waals surface area (Å²) < 4.78 is 34.2. The highest BCUT2D eigenvalue weighted by atomic mass is 32.2. The molecule has 1 amide bonds. The molecule has 9 heteroatoms. The molecule has 0 radical (unpaired) electrons. The summed E-state index contributed by atoms with van der Waals surface area (Å²) in [6.45, 7) is 4.44. The maximum Gasteiger partial charge on any atom is 0.275 e. The topological polar surface area (TPSA) is 106 Å². The number of carbonyl (C=O) groups is 1. The van der Waals surface area contributed by atoms with Crippen molar-refractivity contribution in [2.75, 3.05) is 17.9 Å². The number of hydrogen-bond donors (Lipinski definition) is 2. The quantitative estimate of drug-likeness (QED) is 0.708. The van der Waals surface area contributed by atoms with Crippen LogP contribution in [0.4, 0.5) is 5.69 Å². The van der Waals surface area contributed by atoms with Gasteiger partial charge in [-0.05, 0) is 51.0 Å². The first-order valence-electron chi connectivity index (χ1n) is 9.44. The van der Waals surface area contributed by atoms with Crippen molar-refractivity contribution in [1.29, 1.82) is 0 Å². The van der Waals surface area contributed by atoms with E-state index in [9.17, 15) is 18.0 Å². The predicted molar refractivity (Wildman–Crippen MR) is 109 cm³/mol. The lowest BCUT2D eigenvalue weighted by molar-refractivity contribution is -0.122. The highest BCUT2D eigenvalue weighted by molar-refractivity contribution is 7.92. The number of anilines is 1. The van der Waals surface area contributed by atoms with Crippen LogP contribution in [0.3, 0.4) is 0 Å². The number of aromatic nitrogens is 1. The van der Waals surface area contributed by atoms with Gasteiger partial charge in [0.1, 0.15) is 12.2 Å². The fourth-order valence-corrected chi connectivity index (χ4v) is 4.16. The van der Waals surface area contributed by atoms with Crippen molar-refractivity contribution < 1.29 is 17.9 Å². The number of ether oxygens (including phenoxy) is 1. The molecule has 1 aromatic heterocycles. The van der Waals surface area contributed by atoms with E-state index in [4.69, 9.17) is 4.74 Å². The number of rotatable bonds is 7. The van der Waals surface area contributed by atoms with Crippen LogP contribution in [0.5, 0.6) is 0 Å². The number of amides is 1. The second-order valence-electron chi connectivity index (χ2n) is 7.14. The lowest BCUT2D eigenvalue weighted by Crippen LogP contribution is -2.37. The number of sulfonamides is 1. The Morgan fingerprint density at radius 3 is 2.55 bits per heavy atom. The zero-order valence-electron chi connectivity index (χ0n) is 16.5. The Bertz CT molecular complexity index is 1040. The molecule has 1 fully saturated rings. The molecule has 1 aliphatic heterocycles. The largest absolute Gasteiger partial charge is 0.376 e. The maximum atomic E-state index is 12.8. The van der Waals surface area contributed by atoms with Crippen LogP contribution in [0, 0.1) is 13.8 Å². The molecule has 2 heterocycles. The minimum Gasteiger partial charge on any atom is -0.376 e. The van der Waals surface area contributed by atoms with Crippen molar-refractivity contribution in [2.24, 2.45) is 0 Å². The third-order valence-corrected chi connectivity index (χ3v) is 6.20. The summed E-state index contributed by atoms with van der Waals surface area (Å²) in [6.07, 6.45) is 1.88. The Morgan fingerprint density at radius 1 is 1.17 bits per heavy atom.